The number of fused-ring (bicyclic) bond motifs is 1. The van der Waals surface area contributed by atoms with E-state index in [1.807, 2.05) is 49.3 Å². The van der Waals surface area contributed by atoms with Gasteiger partial charge in [0.25, 0.3) is 11.5 Å². The van der Waals surface area contributed by atoms with Crippen LogP contribution in [-0.2, 0) is 0 Å². The first-order chi connectivity index (χ1) is 20.3. The Labute approximate surface area is 247 Å². The molecule has 42 heavy (non-hydrogen) atoms. The molecule has 0 bridgehead atoms. The molecular formula is C31H29ClN6O4. The van der Waals surface area contributed by atoms with Gasteiger partial charge in [-0.05, 0) is 74.8 Å². The Morgan fingerprint density at radius 2 is 1.71 bits per heavy atom. The first-order valence-corrected chi connectivity index (χ1v) is 13.5. The van der Waals surface area contributed by atoms with Gasteiger partial charge in [-0.1, -0.05) is 29.8 Å². The van der Waals surface area contributed by atoms with Gasteiger partial charge in [-0.3, -0.25) is 9.59 Å². The van der Waals surface area contributed by atoms with E-state index in [1.165, 1.54) is 7.11 Å². The summed E-state index contributed by atoms with van der Waals surface area (Å²) in [5, 5.41) is 6.92. The van der Waals surface area contributed by atoms with Crippen molar-refractivity contribution < 1.29 is 14.4 Å². The van der Waals surface area contributed by atoms with Gasteiger partial charge in [-0.2, -0.15) is 4.98 Å². The molecule has 3 aromatic carbocycles. The number of likely N-dealkylation sites (N-methyl/N-ethyl adjacent to an activating group) is 1. The second kappa shape index (κ2) is 12.7. The summed E-state index contributed by atoms with van der Waals surface area (Å²) >= 11 is 6.53. The maximum Gasteiger partial charge on any atom is 0.293 e. The molecule has 0 aliphatic carbocycles. The Hall–Kier alpha value is -4.93. The molecule has 1 amide bonds. The third-order valence-corrected chi connectivity index (χ3v) is 6.67. The molecule has 10 nitrogen and oxygen atoms in total. The lowest BCUT2D eigenvalue weighted by molar-refractivity contribution is 0.102. The highest BCUT2D eigenvalue weighted by molar-refractivity contribution is 6.33. The number of amides is 1. The van der Waals surface area contributed by atoms with Crippen LogP contribution in [0, 0.1) is 0 Å². The molecule has 0 spiro atoms. The van der Waals surface area contributed by atoms with E-state index in [0.717, 1.165) is 11.3 Å². The summed E-state index contributed by atoms with van der Waals surface area (Å²) in [5.74, 6) is 1.36. The summed E-state index contributed by atoms with van der Waals surface area (Å²) in [7, 11) is 5.33. The smallest absolute Gasteiger partial charge is 0.293 e. The fourth-order valence-corrected chi connectivity index (χ4v) is 4.44. The lowest BCUT2D eigenvalue weighted by Crippen LogP contribution is -2.28. The van der Waals surface area contributed by atoms with Crippen molar-refractivity contribution in [2.45, 2.75) is 0 Å². The number of halogens is 1. The lowest BCUT2D eigenvalue weighted by Gasteiger charge is -2.14. The quantitative estimate of drug-likeness (QED) is 0.231. The molecule has 0 radical (unpaired) electrons. The van der Waals surface area contributed by atoms with Crippen molar-refractivity contribution in [1.82, 2.24) is 19.6 Å². The van der Waals surface area contributed by atoms with Crippen molar-refractivity contribution in [2.75, 3.05) is 44.9 Å². The predicted molar refractivity (Wildman–Crippen MR) is 165 cm³/mol. The van der Waals surface area contributed by atoms with Gasteiger partial charge in [-0.15, -0.1) is 4.73 Å². The summed E-state index contributed by atoms with van der Waals surface area (Å²) in [4.78, 5) is 42.8. The number of hydrogen-bond acceptors (Lipinski definition) is 8. The number of ether oxygens (including phenoxy) is 1. The van der Waals surface area contributed by atoms with Crippen LogP contribution >= 0.6 is 11.6 Å². The van der Waals surface area contributed by atoms with Crippen molar-refractivity contribution >= 4 is 40.2 Å². The SMILES string of the molecule is COn1c(=O)c(-c2cc(NC(=O)c3ccc(Oc4ccccc4)cc3)ccc2Cl)cc2cnc(NCCN(C)C)nc21. The third-order valence-electron chi connectivity index (χ3n) is 6.34. The molecule has 11 heteroatoms. The van der Waals surface area contributed by atoms with E-state index in [-0.39, 0.29) is 11.5 Å². The van der Waals surface area contributed by atoms with Gasteiger partial charge in [-0.25, -0.2) is 4.98 Å². The number of benzene rings is 3. The molecule has 0 atom stereocenters. The molecule has 2 heterocycles. The van der Waals surface area contributed by atoms with E-state index in [0.29, 0.717) is 56.9 Å². The van der Waals surface area contributed by atoms with Crippen molar-refractivity contribution in [3.8, 4) is 22.6 Å². The zero-order chi connectivity index (χ0) is 29.6. The Balaban J connectivity index is 1.39. The zero-order valence-corrected chi connectivity index (χ0v) is 24.1. The highest BCUT2D eigenvalue weighted by Gasteiger charge is 2.17. The second-order valence-corrected chi connectivity index (χ2v) is 10.0. The first-order valence-electron chi connectivity index (χ1n) is 13.1. The highest BCUT2D eigenvalue weighted by Crippen LogP contribution is 2.31. The maximum atomic E-state index is 13.5. The molecule has 0 saturated carbocycles. The Bertz CT molecular complexity index is 1780. The van der Waals surface area contributed by atoms with Crippen LogP contribution in [0.4, 0.5) is 11.6 Å². The number of anilines is 2. The highest BCUT2D eigenvalue weighted by atomic mass is 35.5. The molecule has 2 aromatic heterocycles. The maximum absolute atomic E-state index is 13.5. The lowest BCUT2D eigenvalue weighted by atomic mass is 10.1. The number of nitrogens with zero attached hydrogens (tertiary/aromatic N) is 4. The average Bonchev–Trinajstić information content (AvgIpc) is 2.99. The number of carbonyl (C=O) groups is 1. The molecule has 0 unspecified atom stereocenters. The number of hydrogen-bond donors (Lipinski definition) is 2. The van der Waals surface area contributed by atoms with Crippen molar-refractivity contribution in [2.24, 2.45) is 0 Å². The molecule has 5 aromatic rings. The van der Waals surface area contributed by atoms with Crippen LogP contribution in [-0.4, -0.2) is 59.8 Å². The number of aromatic nitrogens is 3. The van der Waals surface area contributed by atoms with E-state index in [1.54, 1.807) is 54.7 Å². The Morgan fingerprint density at radius 3 is 2.43 bits per heavy atom. The molecule has 0 fully saturated rings. The van der Waals surface area contributed by atoms with Gasteiger partial charge >= 0.3 is 0 Å². The number of carbonyl (C=O) groups excluding carboxylic acids is 1. The number of nitrogens with one attached hydrogen (secondary N) is 2. The van der Waals surface area contributed by atoms with E-state index >= 15 is 0 Å². The molecular weight excluding hydrogens is 556 g/mol. The minimum atomic E-state index is -0.456. The molecule has 2 N–H and O–H groups in total. The zero-order valence-electron chi connectivity index (χ0n) is 23.3. The van der Waals surface area contributed by atoms with Crippen molar-refractivity contribution in [1.29, 1.82) is 0 Å². The Kier molecular flexibility index (Phi) is 8.66. The molecule has 0 aliphatic heterocycles. The van der Waals surface area contributed by atoms with Crippen LogP contribution in [0.3, 0.4) is 0 Å². The van der Waals surface area contributed by atoms with Crippen molar-refractivity contribution in [3.05, 3.63) is 106 Å². The number of para-hydroxylation sites is 1. The summed E-state index contributed by atoms with van der Waals surface area (Å²) in [6.07, 6.45) is 1.61. The Morgan fingerprint density at radius 1 is 0.976 bits per heavy atom. The van der Waals surface area contributed by atoms with Gasteiger partial charge in [0.05, 0.1) is 5.56 Å². The molecule has 214 valence electrons. The monoisotopic (exact) mass is 584 g/mol. The van der Waals surface area contributed by atoms with Crippen LogP contribution in [0.5, 0.6) is 11.5 Å². The summed E-state index contributed by atoms with van der Waals surface area (Å²) in [6.45, 7) is 1.42. The third kappa shape index (κ3) is 6.51. The number of rotatable bonds is 10. The topological polar surface area (TPSA) is 111 Å². The van der Waals surface area contributed by atoms with E-state index in [2.05, 4.69) is 20.6 Å². The normalized spacial score (nSPS) is 11.0. The number of pyridine rings is 1. The van der Waals surface area contributed by atoms with Gasteiger partial charge < -0.3 is 25.1 Å². The van der Waals surface area contributed by atoms with Crippen LogP contribution in [0.2, 0.25) is 5.02 Å². The molecule has 5 rings (SSSR count). The van der Waals surface area contributed by atoms with E-state index in [4.69, 9.17) is 21.2 Å². The van der Waals surface area contributed by atoms with Crippen molar-refractivity contribution in [3.63, 3.8) is 0 Å². The predicted octanol–water partition coefficient (Wildman–Crippen LogP) is 5.19. The standard InChI is InChI=1S/C31H29ClN6O4/c1-37(2)16-15-33-31-34-19-21-17-26(30(40)38(41-3)28(21)36-31)25-18-22(11-14-27(25)32)35-29(39)20-9-12-24(13-10-20)42-23-7-5-4-6-8-23/h4-14,17-19H,15-16H2,1-3H3,(H,35,39)(H,33,34,36). The minimum Gasteiger partial charge on any atom is -0.457 e. The van der Waals surface area contributed by atoms with E-state index in [9.17, 15) is 9.59 Å². The average molecular weight is 585 g/mol. The van der Waals surface area contributed by atoms with Gasteiger partial charge in [0.2, 0.25) is 5.95 Å². The summed E-state index contributed by atoms with van der Waals surface area (Å²) in [6, 6.07) is 22.8. The summed E-state index contributed by atoms with van der Waals surface area (Å²) < 4.78 is 6.90. The van der Waals surface area contributed by atoms with Gasteiger partial charge in [0.15, 0.2) is 5.65 Å². The van der Waals surface area contributed by atoms with Crippen LogP contribution in [0.1, 0.15) is 10.4 Å². The fraction of sp³-hybridized carbons (Fsp3) is 0.161. The van der Waals surface area contributed by atoms with E-state index < -0.39 is 5.56 Å². The van der Waals surface area contributed by atoms with Crippen LogP contribution in [0.25, 0.3) is 22.2 Å². The van der Waals surface area contributed by atoms with Gasteiger partial charge in [0, 0.05) is 46.5 Å². The summed E-state index contributed by atoms with van der Waals surface area (Å²) in [5.41, 5.74) is 1.45. The minimum absolute atomic E-state index is 0.268. The van der Waals surface area contributed by atoms with Crippen LogP contribution < -0.4 is 25.8 Å². The second-order valence-electron chi connectivity index (χ2n) is 9.63. The largest absolute Gasteiger partial charge is 0.457 e. The fourth-order valence-electron chi connectivity index (χ4n) is 4.22. The van der Waals surface area contributed by atoms with Gasteiger partial charge in [0.1, 0.15) is 18.6 Å². The molecule has 0 aliphatic rings. The molecule has 0 saturated heterocycles. The van der Waals surface area contributed by atoms with Crippen LogP contribution in [0.15, 0.2) is 89.9 Å². The first kappa shape index (κ1) is 28.6.